The van der Waals surface area contributed by atoms with Crippen molar-refractivity contribution in [3.63, 3.8) is 0 Å². The van der Waals surface area contributed by atoms with Gasteiger partial charge < -0.3 is 10.6 Å². The quantitative estimate of drug-likeness (QED) is 0.665. The van der Waals surface area contributed by atoms with Gasteiger partial charge in [0.15, 0.2) is 11.6 Å². The summed E-state index contributed by atoms with van der Waals surface area (Å²) in [6, 6.07) is 7.08. The lowest BCUT2D eigenvalue weighted by Gasteiger charge is -2.23. The molecule has 8 heteroatoms. The molecular formula is C19H15ClN6O. The van der Waals surface area contributed by atoms with Gasteiger partial charge in [0.2, 0.25) is 5.91 Å². The fourth-order valence-electron chi connectivity index (χ4n) is 2.85. The van der Waals surface area contributed by atoms with Crippen molar-refractivity contribution in [1.82, 2.24) is 20.2 Å². The predicted molar refractivity (Wildman–Crippen MR) is 103 cm³/mol. The normalized spacial score (nSPS) is 13.2. The Morgan fingerprint density at radius 2 is 2.19 bits per heavy atom. The molecule has 3 aromatic rings. The number of aromatic nitrogens is 4. The molecule has 0 aliphatic heterocycles. The molecule has 0 bridgehead atoms. The summed E-state index contributed by atoms with van der Waals surface area (Å²) in [5.74, 6) is 3.88. The van der Waals surface area contributed by atoms with Crippen molar-refractivity contribution < 1.29 is 4.79 Å². The Kier molecular flexibility index (Phi) is 4.26. The van der Waals surface area contributed by atoms with Crippen LogP contribution in [-0.4, -0.2) is 32.1 Å². The molecular weight excluding hydrogens is 364 g/mol. The molecule has 2 heterocycles. The van der Waals surface area contributed by atoms with E-state index in [1.807, 2.05) is 11.0 Å². The smallest absolute Gasteiger partial charge is 0.250 e. The van der Waals surface area contributed by atoms with Crippen LogP contribution in [0.5, 0.6) is 0 Å². The topological polar surface area (TPSA) is 101 Å². The van der Waals surface area contributed by atoms with Crippen LogP contribution >= 0.6 is 11.6 Å². The number of hydrogen-bond donors (Lipinski definition) is 2. The minimum Gasteiger partial charge on any atom is -0.366 e. The summed E-state index contributed by atoms with van der Waals surface area (Å²) in [6.45, 7) is 0. The third-order valence-electron chi connectivity index (χ3n) is 4.30. The number of terminal acetylenes is 1. The Morgan fingerprint density at radius 3 is 2.81 bits per heavy atom. The number of nitrogens with zero attached hydrogens (tertiary/aromatic N) is 4. The van der Waals surface area contributed by atoms with Gasteiger partial charge >= 0.3 is 0 Å². The summed E-state index contributed by atoms with van der Waals surface area (Å²) in [7, 11) is 0. The van der Waals surface area contributed by atoms with Crippen molar-refractivity contribution in [2.45, 2.75) is 18.9 Å². The highest BCUT2D eigenvalue weighted by atomic mass is 35.5. The first-order chi connectivity index (χ1) is 13.1. The molecule has 1 amide bonds. The van der Waals surface area contributed by atoms with E-state index in [0.29, 0.717) is 28.8 Å². The third-order valence-corrected chi connectivity index (χ3v) is 4.63. The van der Waals surface area contributed by atoms with E-state index in [9.17, 15) is 4.79 Å². The zero-order valence-electron chi connectivity index (χ0n) is 14.2. The van der Waals surface area contributed by atoms with Crippen molar-refractivity contribution in [2.24, 2.45) is 5.73 Å². The van der Waals surface area contributed by atoms with Crippen molar-refractivity contribution in [1.29, 1.82) is 0 Å². The monoisotopic (exact) mass is 378 g/mol. The standard InChI is InChI=1S/C19H15ClN6O/c1-2-11-10-22-18(12-3-6-15(20)14(9-12)17(21)27)24-19(11)26(13-4-5-13)16-7-8-23-25-16/h1,3,6-10,13H,4-5H2,(H2,21,27)(H,23,25). The zero-order chi connectivity index (χ0) is 19.0. The van der Waals surface area contributed by atoms with E-state index >= 15 is 0 Å². The number of H-pyrrole nitrogens is 1. The van der Waals surface area contributed by atoms with Gasteiger partial charge in [-0.25, -0.2) is 9.97 Å². The summed E-state index contributed by atoms with van der Waals surface area (Å²) in [5.41, 5.74) is 6.80. The highest BCUT2D eigenvalue weighted by molar-refractivity contribution is 6.33. The second-order valence-corrected chi connectivity index (χ2v) is 6.58. The average molecular weight is 379 g/mol. The van der Waals surface area contributed by atoms with Crippen LogP contribution in [0.1, 0.15) is 28.8 Å². The number of carbonyl (C=O) groups excluding carboxylic acids is 1. The highest BCUT2D eigenvalue weighted by Gasteiger charge is 2.33. The zero-order valence-corrected chi connectivity index (χ0v) is 14.9. The molecule has 27 heavy (non-hydrogen) atoms. The molecule has 0 atom stereocenters. The first-order valence-corrected chi connectivity index (χ1v) is 8.68. The molecule has 1 saturated carbocycles. The molecule has 3 N–H and O–H groups in total. The minimum atomic E-state index is -0.612. The number of primary amides is 1. The number of anilines is 2. The molecule has 0 saturated heterocycles. The molecule has 1 aliphatic carbocycles. The van der Waals surface area contributed by atoms with E-state index < -0.39 is 5.91 Å². The number of halogens is 1. The Balaban J connectivity index is 1.84. The molecule has 4 rings (SSSR count). The van der Waals surface area contributed by atoms with Gasteiger partial charge in [-0.1, -0.05) is 17.5 Å². The first-order valence-electron chi connectivity index (χ1n) is 8.30. The summed E-state index contributed by atoms with van der Waals surface area (Å²) in [5, 5.41) is 7.28. The number of aromatic amines is 1. The largest absolute Gasteiger partial charge is 0.366 e. The van der Waals surface area contributed by atoms with Gasteiger partial charge in [0.05, 0.1) is 22.3 Å². The fraction of sp³-hybridized carbons (Fsp3) is 0.158. The number of benzene rings is 1. The van der Waals surface area contributed by atoms with Gasteiger partial charge in [0, 0.05) is 23.9 Å². The van der Waals surface area contributed by atoms with Crippen LogP contribution in [0.2, 0.25) is 5.02 Å². The average Bonchev–Trinajstić information content (AvgIpc) is 3.35. The summed E-state index contributed by atoms with van der Waals surface area (Å²) in [4.78, 5) is 22.7. The SMILES string of the molecule is C#Cc1cnc(-c2ccc(Cl)c(C(N)=O)c2)nc1N(c1ccn[nH]1)C1CC1. The van der Waals surface area contributed by atoms with Gasteiger partial charge in [-0.05, 0) is 31.0 Å². The Morgan fingerprint density at radius 1 is 1.37 bits per heavy atom. The molecule has 7 nitrogen and oxygen atoms in total. The van der Waals surface area contributed by atoms with E-state index in [4.69, 9.17) is 28.7 Å². The van der Waals surface area contributed by atoms with Crippen LogP contribution in [0.25, 0.3) is 11.4 Å². The van der Waals surface area contributed by atoms with Crippen molar-refractivity contribution in [2.75, 3.05) is 4.90 Å². The van der Waals surface area contributed by atoms with Crippen LogP contribution in [-0.2, 0) is 0 Å². The van der Waals surface area contributed by atoms with Crippen molar-refractivity contribution >= 4 is 29.1 Å². The van der Waals surface area contributed by atoms with Crippen LogP contribution in [0.3, 0.4) is 0 Å². The maximum absolute atomic E-state index is 11.6. The van der Waals surface area contributed by atoms with Crippen LogP contribution in [0.4, 0.5) is 11.6 Å². The van der Waals surface area contributed by atoms with Gasteiger partial charge in [-0.2, -0.15) is 5.10 Å². The summed E-state index contributed by atoms with van der Waals surface area (Å²) in [6.07, 6.45) is 11.0. The molecule has 134 valence electrons. The first kappa shape index (κ1) is 17.1. The fourth-order valence-corrected chi connectivity index (χ4v) is 3.06. The van der Waals surface area contributed by atoms with Crippen LogP contribution in [0.15, 0.2) is 36.7 Å². The number of nitrogens with one attached hydrogen (secondary N) is 1. The number of rotatable bonds is 5. The molecule has 1 aromatic carbocycles. The van der Waals surface area contributed by atoms with Gasteiger partial charge in [-0.15, -0.1) is 6.42 Å². The minimum absolute atomic E-state index is 0.216. The lowest BCUT2D eigenvalue weighted by Crippen LogP contribution is -2.22. The van der Waals surface area contributed by atoms with Gasteiger partial charge in [0.25, 0.3) is 0 Å². The second-order valence-electron chi connectivity index (χ2n) is 6.18. The van der Waals surface area contributed by atoms with E-state index in [1.54, 1.807) is 30.6 Å². The number of hydrogen-bond acceptors (Lipinski definition) is 5. The molecule has 0 unspecified atom stereocenters. The number of amides is 1. The Bertz CT molecular complexity index is 1050. The number of nitrogens with two attached hydrogens (primary N) is 1. The van der Waals surface area contributed by atoms with Gasteiger partial charge in [0.1, 0.15) is 5.82 Å². The molecule has 0 spiro atoms. The lowest BCUT2D eigenvalue weighted by atomic mass is 10.1. The second kappa shape index (κ2) is 6.74. The molecule has 1 fully saturated rings. The lowest BCUT2D eigenvalue weighted by molar-refractivity contribution is 0.100. The molecule has 0 radical (unpaired) electrons. The van der Waals surface area contributed by atoms with E-state index in [1.165, 1.54) is 0 Å². The maximum atomic E-state index is 11.6. The molecule has 1 aliphatic rings. The molecule has 2 aromatic heterocycles. The highest BCUT2D eigenvalue weighted by Crippen LogP contribution is 2.38. The van der Waals surface area contributed by atoms with E-state index in [-0.39, 0.29) is 10.6 Å². The van der Waals surface area contributed by atoms with Crippen molar-refractivity contribution in [3.8, 4) is 23.7 Å². The van der Waals surface area contributed by atoms with E-state index in [0.717, 1.165) is 18.7 Å². The summed E-state index contributed by atoms with van der Waals surface area (Å²) < 4.78 is 0. The Hall–Kier alpha value is -3.37. The number of carbonyl (C=O) groups is 1. The van der Waals surface area contributed by atoms with E-state index in [2.05, 4.69) is 21.1 Å². The van der Waals surface area contributed by atoms with Crippen molar-refractivity contribution in [3.05, 3.63) is 52.8 Å². The maximum Gasteiger partial charge on any atom is 0.250 e. The Labute approximate surface area is 160 Å². The predicted octanol–water partition coefficient (Wildman–Crippen LogP) is 2.90. The van der Waals surface area contributed by atoms with Crippen LogP contribution < -0.4 is 10.6 Å². The summed E-state index contributed by atoms with van der Waals surface area (Å²) >= 11 is 6.04. The third kappa shape index (κ3) is 3.23. The van der Waals surface area contributed by atoms with Gasteiger partial charge in [-0.3, -0.25) is 9.89 Å². The van der Waals surface area contributed by atoms with Crippen LogP contribution in [0, 0.1) is 12.3 Å².